The normalized spacial score (nSPS) is 11.2. The second kappa shape index (κ2) is 9.38. The molecule has 30 heavy (non-hydrogen) atoms. The van der Waals surface area contributed by atoms with Crippen LogP contribution >= 0.6 is 15.9 Å². The summed E-state index contributed by atoms with van der Waals surface area (Å²) in [5.74, 6) is -0.582. The molecule has 0 saturated heterocycles. The van der Waals surface area contributed by atoms with Gasteiger partial charge in [0.05, 0.1) is 4.90 Å². The van der Waals surface area contributed by atoms with E-state index in [4.69, 9.17) is 9.88 Å². The van der Waals surface area contributed by atoms with Gasteiger partial charge < -0.3 is 10.1 Å². The zero-order valence-corrected chi connectivity index (χ0v) is 18.0. The molecule has 3 aromatic rings. The SMILES string of the molecule is NS(=O)(=O)c1ccc(CCNC(=O)c2ccc(Oc3ccc(Br)cc3)c(F)c2)cc1. The van der Waals surface area contributed by atoms with Crippen LogP contribution in [0.1, 0.15) is 15.9 Å². The second-order valence-corrected chi connectivity index (χ2v) is 8.87. The Kier molecular flexibility index (Phi) is 6.86. The van der Waals surface area contributed by atoms with Crippen molar-refractivity contribution in [3.63, 3.8) is 0 Å². The van der Waals surface area contributed by atoms with Gasteiger partial charge in [-0.2, -0.15) is 0 Å². The molecular formula is C21H18BrFN2O4S. The van der Waals surface area contributed by atoms with E-state index < -0.39 is 21.7 Å². The average molecular weight is 493 g/mol. The molecule has 0 atom stereocenters. The van der Waals surface area contributed by atoms with Crippen molar-refractivity contribution >= 4 is 31.9 Å². The Morgan fingerprint density at radius 2 is 1.70 bits per heavy atom. The van der Waals surface area contributed by atoms with E-state index in [-0.39, 0.29) is 16.2 Å². The van der Waals surface area contributed by atoms with Crippen molar-refractivity contribution in [1.29, 1.82) is 0 Å². The maximum Gasteiger partial charge on any atom is 0.251 e. The van der Waals surface area contributed by atoms with E-state index in [1.54, 1.807) is 36.4 Å². The highest BCUT2D eigenvalue weighted by molar-refractivity contribution is 9.10. The molecule has 1 amide bonds. The highest BCUT2D eigenvalue weighted by Crippen LogP contribution is 2.26. The fraction of sp³-hybridized carbons (Fsp3) is 0.0952. The minimum absolute atomic E-state index is 0.0174. The number of nitrogens with two attached hydrogens (primary N) is 1. The summed E-state index contributed by atoms with van der Waals surface area (Å²) in [4.78, 5) is 12.3. The summed E-state index contributed by atoms with van der Waals surface area (Å²) < 4.78 is 43.2. The van der Waals surface area contributed by atoms with Gasteiger partial charge in [0.15, 0.2) is 11.6 Å². The van der Waals surface area contributed by atoms with Gasteiger partial charge in [0.25, 0.3) is 5.91 Å². The topological polar surface area (TPSA) is 98.5 Å². The monoisotopic (exact) mass is 492 g/mol. The number of primary sulfonamides is 1. The first kappa shape index (κ1) is 21.9. The Bertz CT molecular complexity index is 1150. The third-order valence-corrected chi connectivity index (χ3v) is 5.64. The maximum absolute atomic E-state index is 14.3. The standard InChI is InChI=1S/C21H18BrFN2O4S/c22-16-4-6-17(7-5-16)29-20-10-3-15(13-19(20)23)21(26)25-12-11-14-1-8-18(9-2-14)30(24,27)28/h1-10,13H,11-12H2,(H,25,26)(H2,24,27,28). The zero-order valence-electron chi connectivity index (χ0n) is 15.6. The summed E-state index contributed by atoms with van der Waals surface area (Å²) >= 11 is 3.31. The molecule has 0 aliphatic rings. The fourth-order valence-electron chi connectivity index (χ4n) is 2.62. The lowest BCUT2D eigenvalue weighted by Gasteiger charge is -2.09. The third kappa shape index (κ3) is 5.88. The molecule has 0 aromatic heterocycles. The molecule has 156 valence electrons. The molecule has 0 heterocycles. The number of ether oxygens (including phenoxy) is 1. The van der Waals surface area contributed by atoms with Crippen LogP contribution in [0.2, 0.25) is 0 Å². The van der Waals surface area contributed by atoms with Gasteiger partial charge in [-0.3, -0.25) is 4.79 Å². The molecule has 3 rings (SSSR count). The van der Waals surface area contributed by atoms with Crippen LogP contribution in [0.25, 0.3) is 0 Å². The summed E-state index contributed by atoms with van der Waals surface area (Å²) in [6.45, 7) is 0.298. The Balaban J connectivity index is 1.56. The van der Waals surface area contributed by atoms with Crippen molar-refractivity contribution in [1.82, 2.24) is 5.32 Å². The average Bonchev–Trinajstić information content (AvgIpc) is 2.70. The first-order valence-corrected chi connectivity index (χ1v) is 11.2. The second-order valence-electron chi connectivity index (χ2n) is 6.40. The van der Waals surface area contributed by atoms with Crippen LogP contribution < -0.4 is 15.2 Å². The van der Waals surface area contributed by atoms with Crippen LogP contribution in [0, 0.1) is 5.82 Å². The Labute approximate surface area is 182 Å². The van der Waals surface area contributed by atoms with Crippen molar-refractivity contribution < 1.29 is 22.3 Å². The molecule has 0 spiro atoms. The molecule has 0 radical (unpaired) electrons. The summed E-state index contributed by atoms with van der Waals surface area (Å²) in [6.07, 6.45) is 0.476. The number of halogens is 2. The first-order valence-electron chi connectivity index (χ1n) is 8.85. The molecule has 0 aliphatic heterocycles. The van der Waals surface area contributed by atoms with E-state index in [9.17, 15) is 17.6 Å². The Hall–Kier alpha value is -2.75. The van der Waals surface area contributed by atoms with Gasteiger partial charge in [-0.05, 0) is 66.6 Å². The highest BCUT2D eigenvalue weighted by Gasteiger charge is 2.12. The van der Waals surface area contributed by atoms with E-state index >= 15 is 0 Å². The first-order chi connectivity index (χ1) is 14.2. The molecule has 0 bridgehead atoms. The molecule has 6 nitrogen and oxygen atoms in total. The van der Waals surface area contributed by atoms with E-state index in [0.29, 0.717) is 18.7 Å². The number of carbonyl (C=O) groups excluding carboxylic acids is 1. The number of amides is 1. The van der Waals surface area contributed by atoms with E-state index in [1.165, 1.54) is 24.3 Å². The number of hydrogen-bond acceptors (Lipinski definition) is 4. The molecule has 3 N–H and O–H groups in total. The van der Waals surface area contributed by atoms with Gasteiger partial charge in [0, 0.05) is 16.6 Å². The lowest BCUT2D eigenvalue weighted by Crippen LogP contribution is -2.25. The number of carbonyl (C=O) groups is 1. The number of hydrogen-bond donors (Lipinski definition) is 2. The summed E-state index contributed by atoms with van der Waals surface area (Å²) in [5.41, 5.74) is 0.993. The third-order valence-electron chi connectivity index (χ3n) is 4.19. The van der Waals surface area contributed by atoms with E-state index in [2.05, 4.69) is 21.2 Å². The van der Waals surface area contributed by atoms with E-state index in [0.717, 1.165) is 16.1 Å². The van der Waals surface area contributed by atoms with Gasteiger partial charge in [-0.25, -0.2) is 17.9 Å². The quantitative estimate of drug-likeness (QED) is 0.520. The number of nitrogens with one attached hydrogen (secondary N) is 1. The van der Waals surface area contributed by atoms with Crippen LogP contribution in [0.4, 0.5) is 4.39 Å². The fourth-order valence-corrected chi connectivity index (χ4v) is 3.40. The minimum Gasteiger partial charge on any atom is -0.454 e. The lowest BCUT2D eigenvalue weighted by molar-refractivity contribution is 0.0953. The summed E-state index contributed by atoms with van der Waals surface area (Å²) in [5, 5.41) is 7.76. The molecule has 0 fully saturated rings. The van der Waals surface area contributed by atoms with Crippen molar-refractivity contribution in [2.24, 2.45) is 5.14 Å². The van der Waals surface area contributed by atoms with Gasteiger partial charge in [-0.1, -0.05) is 28.1 Å². The van der Waals surface area contributed by atoms with Crippen molar-refractivity contribution in [3.8, 4) is 11.5 Å². The predicted octanol–water partition coefficient (Wildman–Crippen LogP) is 4.00. The maximum atomic E-state index is 14.3. The summed E-state index contributed by atoms with van der Waals surface area (Å²) in [7, 11) is -3.74. The number of benzene rings is 3. The summed E-state index contributed by atoms with van der Waals surface area (Å²) in [6, 6.07) is 17.0. The van der Waals surface area contributed by atoms with Crippen molar-refractivity contribution in [3.05, 3.63) is 88.1 Å². The van der Waals surface area contributed by atoms with E-state index in [1.807, 2.05) is 0 Å². The molecular weight excluding hydrogens is 475 g/mol. The van der Waals surface area contributed by atoms with Gasteiger partial charge in [0.1, 0.15) is 5.75 Å². The zero-order chi connectivity index (χ0) is 21.7. The lowest BCUT2D eigenvalue weighted by atomic mass is 10.1. The van der Waals surface area contributed by atoms with Crippen LogP contribution in [-0.2, 0) is 16.4 Å². The molecule has 3 aromatic carbocycles. The Morgan fingerprint density at radius 1 is 1.03 bits per heavy atom. The molecule has 9 heteroatoms. The van der Waals surface area contributed by atoms with Crippen LogP contribution in [0.3, 0.4) is 0 Å². The van der Waals surface area contributed by atoms with Crippen molar-refractivity contribution in [2.75, 3.05) is 6.54 Å². The largest absolute Gasteiger partial charge is 0.454 e. The van der Waals surface area contributed by atoms with Crippen LogP contribution in [-0.4, -0.2) is 20.9 Å². The minimum atomic E-state index is -3.74. The number of rotatable bonds is 7. The molecule has 0 unspecified atom stereocenters. The van der Waals surface area contributed by atoms with Crippen LogP contribution in [0.5, 0.6) is 11.5 Å². The van der Waals surface area contributed by atoms with Gasteiger partial charge >= 0.3 is 0 Å². The van der Waals surface area contributed by atoms with Crippen molar-refractivity contribution in [2.45, 2.75) is 11.3 Å². The molecule has 0 aliphatic carbocycles. The Morgan fingerprint density at radius 3 is 2.30 bits per heavy atom. The predicted molar refractivity (Wildman–Crippen MR) is 114 cm³/mol. The van der Waals surface area contributed by atoms with Gasteiger partial charge in [0.2, 0.25) is 10.0 Å². The van der Waals surface area contributed by atoms with Crippen LogP contribution in [0.15, 0.2) is 76.1 Å². The highest BCUT2D eigenvalue weighted by atomic mass is 79.9. The smallest absolute Gasteiger partial charge is 0.251 e. The number of sulfonamides is 1. The molecule has 0 saturated carbocycles. The van der Waals surface area contributed by atoms with Gasteiger partial charge in [-0.15, -0.1) is 0 Å².